The van der Waals surface area contributed by atoms with E-state index in [1.165, 1.54) is 0 Å². The summed E-state index contributed by atoms with van der Waals surface area (Å²) in [5, 5.41) is 0. The van der Waals surface area contributed by atoms with Gasteiger partial charge in [-0.05, 0) is 27.2 Å². The summed E-state index contributed by atoms with van der Waals surface area (Å²) in [6.45, 7) is 10.0. The van der Waals surface area contributed by atoms with E-state index in [4.69, 9.17) is 0 Å². The van der Waals surface area contributed by atoms with Crippen molar-refractivity contribution < 1.29 is 0 Å². The fourth-order valence-electron chi connectivity index (χ4n) is 0.416. The molecule has 0 bridgehead atoms. The van der Waals surface area contributed by atoms with E-state index in [1.807, 2.05) is 0 Å². The Morgan fingerprint density at radius 3 is 2.22 bits per heavy atom. The molecule has 0 amide bonds. The van der Waals surface area contributed by atoms with Gasteiger partial charge in [-0.15, -0.1) is 5.92 Å². The molecule has 1 radical (unpaired) electrons. The van der Waals surface area contributed by atoms with Crippen LogP contribution in [0.5, 0.6) is 0 Å². The van der Waals surface area contributed by atoms with Crippen LogP contribution in [-0.2, 0) is 0 Å². The highest BCUT2D eigenvalue weighted by molar-refractivity contribution is 5.06. The lowest BCUT2D eigenvalue weighted by molar-refractivity contribution is 0.570. The summed E-state index contributed by atoms with van der Waals surface area (Å²) >= 11 is 0. The molecule has 51 valence electrons. The van der Waals surface area contributed by atoms with Gasteiger partial charge in [-0.2, -0.15) is 0 Å². The second-order valence-corrected chi connectivity index (χ2v) is 3.16. The SMILES string of the molecule is [CH2]CCC#CC(C)(C)C. The minimum absolute atomic E-state index is 0.162. The summed E-state index contributed by atoms with van der Waals surface area (Å²) in [7, 11) is 0. The average Bonchev–Trinajstić information content (AvgIpc) is 1.63. The van der Waals surface area contributed by atoms with Gasteiger partial charge >= 0.3 is 0 Å². The fraction of sp³-hybridized carbons (Fsp3) is 0.667. The van der Waals surface area contributed by atoms with Gasteiger partial charge in [0.25, 0.3) is 0 Å². The van der Waals surface area contributed by atoms with Gasteiger partial charge in [-0.3, -0.25) is 0 Å². The highest BCUT2D eigenvalue weighted by Gasteiger charge is 2.02. The average molecular weight is 123 g/mol. The van der Waals surface area contributed by atoms with Crippen LogP contribution in [-0.4, -0.2) is 0 Å². The lowest BCUT2D eigenvalue weighted by Crippen LogP contribution is -1.98. The van der Waals surface area contributed by atoms with E-state index < -0.39 is 0 Å². The quantitative estimate of drug-likeness (QED) is 0.470. The van der Waals surface area contributed by atoms with Gasteiger partial charge in [-0.1, -0.05) is 12.8 Å². The van der Waals surface area contributed by atoms with Gasteiger partial charge in [0, 0.05) is 11.8 Å². The molecule has 0 heterocycles. The van der Waals surface area contributed by atoms with Crippen molar-refractivity contribution >= 4 is 0 Å². The van der Waals surface area contributed by atoms with Crippen molar-refractivity contribution in [3.63, 3.8) is 0 Å². The van der Waals surface area contributed by atoms with Crippen molar-refractivity contribution in [1.29, 1.82) is 0 Å². The molecular formula is C9H15. The van der Waals surface area contributed by atoms with Crippen LogP contribution in [0.3, 0.4) is 0 Å². The highest BCUT2D eigenvalue weighted by atomic mass is 14.0. The summed E-state index contributed by atoms with van der Waals surface area (Å²) < 4.78 is 0. The Balaban J connectivity index is 3.59. The zero-order valence-electron chi connectivity index (χ0n) is 6.62. The molecule has 0 aliphatic heterocycles. The summed E-state index contributed by atoms with van der Waals surface area (Å²) in [6, 6.07) is 0. The molecule has 0 aliphatic carbocycles. The number of unbranched alkanes of at least 4 members (excludes halogenated alkanes) is 1. The maximum absolute atomic E-state index is 3.70. The summed E-state index contributed by atoms with van der Waals surface area (Å²) in [4.78, 5) is 0. The standard InChI is InChI=1S/C9H15/c1-5-6-7-8-9(2,3)4/h1,5-6H2,2-4H3. The van der Waals surface area contributed by atoms with Crippen LogP contribution in [0.2, 0.25) is 0 Å². The van der Waals surface area contributed by atoms with Crippen molar-refractivity contribution in [2.24, 2.45) is 5.41 Å². The Bertz CT molecular complexity index is 115. The normalized spacial score (nSPS) is 10.2. The third-order valence-corrected chi connectivity index (χ3v) is 0.765. The highest BCUT2D eigenvalue weighted by Crippen LogP contribution is 2.09. The minimum Gasteiger partial charge on any atom is -0.103 e. The first-order chi connectivity index (χ1) is 4.06. The van der Waals surface area contributed by atoms with Crippen molar-refractivity contribution in [3.8, 4) is 11.8 Å². The molecule has 0 saturated heterocycles. The summed E-state index contributed by atoms with van der Waals surface area (Å²) in [5.41, 5.74) is 0.162. The van der Waals surface area contributed by atoms with Crippen molar-refractivity contribution in [1.82, 2.24) is 0 Å². The maximum atomic E-state index is 3.70. The molecule has 0 fully saturated rings. The topological polar surface area (TPSA) is 0 Å². The Hall–Kier alpha value is -0.440. The predicted molar refractivity (Wildman–Crippen MR) is 41.8 cm³/mol. The molecule has 0 N–H and O–H groups in total. The molecular weight excluding hydrogens is 108 g/mol. The Morgan fingerprint density at radius 2 is 1.89 bits per heavy atom. The van der Waals surface area contributed by atoms with Crippen molar-refractivity contribution in [2.75, 3.05) is 0 Å². The number of hydrogen-bond acceptors (Lipinski definition) is 0. The zero-order valence-corrected chi connectivity index (χ0v) is 6.62. The number of hydrogen-bond donors (Lipinski definition) is 0. The molecule has 0 aromatic carbocycles. The largest absolute Gasteiger partial charge is 0.103 e. The molecule has 0 aromatic rings. The lowest BCUT2D eigenvalue weighted by atomic mass is 9.98. The van der Waals surface area contributed by atoms with Gasteiger partial charge in [-0.25, -0.2) is 0 Å². The van der Waals surface area contributed by atoms with Gasteiger partial charge < -0.3 is 0 Å². The van der Waals surface area contributed by atoms with E-state index in [-0.39, 0.29) is 5.41 Å². The van der Waals surface area contributed by atoms with Crippen LogP contribution in [0.1, 0.15) is 33.6 Å². The molecule has 0 unspecified atom stereocenters. The Kier molecular flexibility index (Phi) is 3.39. The van der Waals surface area contributed by atoms with E-state index >= 15 is 0 Å². The lowest BCUT2D eigenvalue weighted by Gasteiger charge is -2.06. The van der Waals surface area contributed by atoms with Crippen LogP contribution in [0.25, 0.3) is 0 Å². The molecule has 0 rings (SSSR count). The first kappa shape index (κ1) is 8.56. The minimum atomic E-state index is 0.162. The van der Waals surface area contributed by atoms with Crippen LogP contribution in [0.15, 0.2) is 0 Å². The van der Waals surface area contributed by atoms with Crippen LogP contribution >= 0.6 is 0 Å². The van der Waals surface area contributed by atoms with Crippen molar-refractivity contribution in [3.05, 3.63) is 6.92 Å². The predicted octanol–water partition coefficient (Wildman–Crippen LogP) is 2.65. The van der Waals surface area contributed by atoms with Gasteiger partial charge in [0.05, 0.1) is 0 Å². The Labute approximate surface area is 58.7 Å². The monoisotopic (exact) mass is 123 g/mol. The summed E-state index contributed by atoms with van der Waals surface area (Å²) in [5.74, 6) is 6.20. The third kappa shape index (κ3) is 7.56. The Morgan fingerprint density at radius 1 is 1.33 bits per heavy atom. The second kappa shape index (κ2) is 3.56. The van der Waals surface area contributed by atoms with E-state index in [0.717, 1.165) is 12.8 Å². The van der Waals surface area contributed by atoms with E-state index in [9.17, 15) is 0 Å². The zero-order chi connectivity index (χ0) is 7.33. The molecule has 0 nitrogen and oxygen atoms in total. The van der Waals surface area contributed by atoms with Crippen molar-refractivity contribution in [2.45, 2.75) is 33.6 Å². The number of rotatable bonds is 1. The van der Waals surface area contributed by atoms with E-state index in [2.05, 4.69) is 39.5 Å². The maximum Gasteiger partial charge on any atom is 0.0230 e. The van der Waals surface area contributed by atoms with Crippen LogP contribution in [0.4, 0.5) is 0 Å². The molecule has 0 aromatic heterocycles. The second-order valence-electron chi connectivity index (χ2n) is 3.16. The van der Waals surface area contributed by atoms with E-state index in [1.54, 1.807) is 0 Å². The van der Waals surface area contributed by atoms with E-state index in [0.29, 0.717) is 0 Å². The van der Waals surface area contributed by atoms with Gasteiger partial charge in [0.1, 0.15) is 0 Å². The first-order valence-corrected chi connectivity index (χ1v) is 3.35. The van der Waals surface area contributed by atoms with Gasteiger partial charge in [0.15, 0.2) is 0 Å². The molecule has 9 heavy (non-hydrogen) atoms. The fourth-order valence-corrected chi connectivity index (χ4v) is 0.416. The van der Waals surface area contributed by atoms with Gasteiger partial charge in [0.2, 0.25) is 0 Å². The third-order valence-electron chi connectivity index (χ3n) is 0.765. The smallest absolute Gasteiger partial charge is 0.0230 e. The first-order valence-electron chi connectivity index (χ1n) is 3.35. The molecule has 0 heteroatoms. The summed E-state index contributed by atoms with van der Waals surface area (Å²) in [6.07, 6.45) is 1.85. The molecule has 0 atom stereocenters. The van der Waals surface area contributed by atoms with Crippen LogP contribution in [0, 0.1) is 24.2 Å². The molecule has 0 spiro atoms. The molecule has 0 aliphatic rings. The molecule has 0 saturated carbocycles. The van der Waals surface area contributed by atoms with Crippen LogP contribution < -0.4 is 0 Å².